The smallest absolute Gasteiger partial charge is 0.186 e. The zero-order chi connectivity index (χ0) is 26.8. The van der Waals surface area contributed by atoms with Gasteiger partial charge in [0.2, 0.25) is 0 Å². The van der Waals surface area contributed by atoms with E-state index < -0.39 is 18.5 Å². The van der Waals surface area contributed by atoms with Crippen molar-refractivity contribution < 1.29 is 14.0 Å². The van der Waals surface area contributed by atoms with Crippen molar-refractivity contribution in [3.63, 3.8) is 0 Å². The molecule has 1 aliphatic rings. The predicted octanol–water partition coefficient (Wildman–Crippen LogP) is 3.63. The van der Waals surface area contributed by atoms with E-state index in [1.165, 1.54) is 11.3 Å². The van der Waals surface area contributed by atoms with E-state index in [-0.39, 0.29) is 12.4 Å². The van der Waals surface area contributed by atoms with Gasteiger partial charge in [0.05, 0.1) is 4.88 Å². The van der Waals surface area contributed by atoms with E-state index in [9.17, 15) is 5.11 Å². The van der Waals surface area contributed by atoms with Gasteiger partial charge in [0.1, 0.15) is 12.2 Å². The van der Waals surface area contributed by atoms with E-state index in [2.05, 4.69) is 21.8 Å². The molecular weight excluding hydrogens is 446 g/mol. The highest BCUT2D eigenvalue weighted by Gasteiger charge is 2.24. The normalized spacial score (nSPS) is 18.4. The second-order valence-corrected chi connectivity index (χ2v) is 9.89. The Morgan fingerprint density at radius 3 is 2.94 bits per heavy atom. The van der Waals surface area contributed by atoms with Crippen LogP contribution in [0.25, 0.3) is 10.4 Å². The highest BCUT2D eigenvalue weighted by Crippen LogP contribution is 2.35. The average Bonchev–Trinajstić information content (AvgIpc) is 3.32. The van der Waals surface area contributed by atoms with Crippen molar-refractivity contribution in [3.8, 4) is 28.0 Å². The maximum atomic E-state index is 9.83. The van der Waals surface area contributed by atoms with E-state index in [0.717, 1.165) is 28.1 Å². The maximum Gasteiger partial charge on any atom is 0.186 e. The molecule has 7 nitrogen and oxygen atoms in total. The number of ether oxygens (including phenoxy) is 1. The van der Waals surface area contributed by atoms with Crippen LogP contribution in [0.3, 0.4) is 0 Å². The number of aliphatic hydroxyl groups is 1. The Morgan fingerprint density at radius 1 is 1.29 bits per heavy atom. The topological polar surface area (TPSA) is 87.7 Å². The van der Waals surface area contributed by atoms with Crippen molar-refractivity contribution in [2.45, 2.75) is 38.9 Å². The van der Waals surface area contributed by atoms with Gasteiger partial charge < -0.3 is 25.4 Å². The Hall–Kier alpha value is -3.12. The molecule has 0 bridgehead atoms. The van der Waals surface area contributed by atoms with Crippen LogP contribution in [0.4, 0.5) is 10.9 Å². The lowest BCUT2D eigenvalue weighted by Crippen LogP contribution is -2.50. The Bertz CT molecular complexity index is 1310. The molecule has 2 aromatic heterocycles. The van der Waals surface area contributed by atoms with Crippen molar-refractivity contribution in [1.82, 2.24) is 14.9 Å². The summed E-state index contributed by atoms with van der Waals surface area (Å²) in [7, 11) is 1.93. The molecule has 3 aromatic rings. The van der Waals surface area contributed by atoms with Gasteiger partial charge in [-0.25, -0.2) is 9.97 Å². The van der Waals surface area contributed by atoms with Crippen LogP contribution in [0.15, 0.2) is 42.7 Å². The largest absolute Gasteiger partial charge is 0.485 e. The molecule has 1 unspecified atom stereocenters. The first-order chi connectivity index (χ1) is 17.4. The van der Waals surface area contributed by atoms with Crippen molar-refractivity contribution in [3.05, 3.63) is 53.9 Å². The number of nitrogens with two attached hydrogens (primary N) is 1. The Balaban J connectivity index is 1.50. The number of benzene rings is 1. The van der Waals surface area contributed by atoms with Gasteiger partial charge in [-0.1, -0.05) is 35.3 Å². The third kappa shape index (κ3) is 6.06. The molecule has 0 aliphatic carbocycles. The van der Waals surface area contributed by atoms with Gasteiger partial charge in [0.25, 0.3) is 0 Å². The lowest BCUT2D eigenvalue weighted by molar-refractivity contribution is 0.143. The molecule has 0 amide bonds. The van der Waals surface area contributed by atoms with Crippen LogP contribution in [-0.2, 0) is 6.61 Å². The molecular formula is C26H31N5O2S. The second-order valence-electron chi connectivity index (χ2n) is 8.88. The Kier molecular flexibility index (Phi) is 5.97. The quantitative estimate of drug-likeness (QED) is 0.539. The van der Waals surface area contributed by atoms with Gasteiger partial charge in [0.15, 0.2) is 16.7 Å². The molecule has 1 aromatic carbocycles. The highest BCUT2D eigenvalue weighted by atomic mass is 32.1. The Morgan fingerprint density at radius 2 is 2.15 bits per heavy atom. The third-order valence-electron chi connectivity index (χ3n) is 5.32. The molecule has 34 heavy (non-hydrogen) atoms. The van der Waals surface area contributed by atoms with E-state index in [4.69, 9.17) is 14.6 Å². The summed E-state index contributed by atoms with van der Waals surface area (Å²) in [4.78, 5) is 13.6. The molecule has 0 saturated carbocycles. The monoisotopic (exact) mass is 480 g/mol. The SMILES string of the molecule is [2H]C([2H])([2H])C1CN(C)CCN1c1ncc(-c2cnc(N)c(OCc3cccc(C#CC(C)(C)O)c3)c2)s1. The number of likely N-dealkylation sites (N-methyl/N-ethyl adjacent to an activating group) is 1. The standard InChI is InChI=1S/C26H31N5O2S/c1-18-16-30(4)10-11-31(18)25-29-15-23(34-25)21-13-22(24(27)28-14-21)33-17-20-7-5-6-19(12-20)8-9-26(2,3)32/h5-7,12-15,18,32H,10-11,16-17H2,1-4H3,(H2,27,28)/i1D3. The minimum atomic E-state index is -2.11. The predicted molar refractivity (Wildman–Crippen MR) is 138 cm³/mol. The highest BCUT2D eigenvalue weighted by molar-refractivity contribution is 7.18. The number of thiazole rings is 1. The first-order valence-corrected chi connectivity index (χ1v) is 11.8. The molecule has 1 fully saturated rings. The zero-order valence-electron chi connectivity index (χ0n) is 22.6. The number of anilines is 2. The van der Waals surface area contributed by atoms with E-state index in [0.29, 0.717) is 24.0 Å². The summed E-state index contributed by atoms with van der Waals surface area (Å²) in [5.41, 5.74) is 7.48. The molecule has 0 radical (unpaired) electrons. The van der Waals surface area contributed by atoms with E-state index in [1.807, 2.05) is 47.2 Å². The summed E-state index contributed by atoms with van der Waals surface area (Å²) < 4.78 is 29.9. The number of pyridine rings is 1. The number of aromatic nitrogens is 2. The van der Waals surface area contributed by atoms with Crippen LogP contribution < -0.4 is 15.4 Å². The third-order valence-corrected chi connectivity index (χ3v) is 6.41. The molecule has 1 aliphatic heterocycles. The van der Waals surface area contributed by atoms with Crippen molar-refractivity contribution in [1.29, 1.82) is 0 Å². The van der Waals surface area contributed by atoms with Gasteiger partial charge in [-0.3, -0.25) is 0 Å². The summed E-state index contributed by atoms with van der Waals surface area (Å²) >= 11 is 1.43. The minimum Gasteiger partial charge on any atom is -0.485 e. The van der Waals surface area contributed by atoms with Crippen LogP contribution in [0, 0.1) is 11.8 Å². The van der Waals surface area contributed by atoms with Gasteiger partial charge in [-0.05, 0) is 51.5 Å². The van der Waals surface area contributed by atoms with Crippen LogP contribution in [0.5, 0.6) is 5.75 Å². The maximum absolute atomic E-state index is 9.83. The van der Waals surface area contributed by atoms with Gasteiger partial charge in [-0.2, -0.15) is 0 Å². The molecule has 178 valence electrons. The molecule has 1 saturated heterocycles. The Labute approximate surface area is 209 Å². The number of rotatable bonds is 5. The minimum absolute atomic E-state index is 0.267. The molecule has 1 atom stereocenters. The fraction of sp³-hybridized carbons (Fsp3) is 0.385. The molecule has 8 heteroatoms. The van der Waals surface area contributed by atoms with Crippen LogP contribution in [0.1, 0.15) is 35.9 Å². The molecule has 3 N–H and O–H groups in total. The number of hydrogen-bond donors (Lipinski definition) is 2. The van der Waals surface area contributed by atoms with Crippen molar-refractivity contribution >= 4 is 22.3 Å². The first-order valence-electron chi connectivity index (χ1n) is 12.5. The van der Waals surface area contributed by atoms with E-state index >= 15 is 0 Å². The lowest BCUT2D eigenvalue weighted by atomic mass is 10.1. The number of nitrogen functional groups attached to an aromatic ring is 1. The van der Waals surface area contributed by atoms with Gasteiger partial charge >= 0.3 is 0 Å². The van der Waals surface area contributed by atoms with Gasteiger partial charge in [0, 0.05) is 53.3 Å². The molecule has 0 spiro atoms. The summed E-state index contributed by atoms with van der Waals surface area (Å²) in [6, 6.07) is 8.79. The van der Waals surface area contributed by atoms with Crippen LogP contribution >= 0.6 is 11.3 Å². The molecule has 3 heterocycles. The van der Waals surface area contributed by atoms with Crippen molar-refractivity contribution in [2.75, 3.05) is 37.3 Å². The first kappa shape index (κ1) is 20.3. The fourth-order valence-electron chi connectivity index (χ4n) is 3.51. The number of nitrogens with zero attached hydrogens (tertiary/aromatic N) is 4. The van der Waals surface area contributed by atoms with Crippen LogP contribution in [0.2, 0.25) is 0 Å². The van der Waals surface area contributed by atoms with Gasteiger partial charge in [-0.15, -0.1) is 0 Å². The average molecular weight is 481 g/mol. The summed E-state index contributed by atoms with van der Waals surface area (Å²) in [6.07, 6.45) is 3.40. The summed E-state index contributed by atoms with van der Waals surface area (Å²) in [5.74, 6) is 6.49. The van der Waals surface area contributed by atoms with Crippen molar-refractivity contribution in [2.24, 2.45) is 0 Å². The van der Waals surface area contributed by atoms with E-state index in [1.54, 1.807) is 26.2 Å². The number of hydrogen-bond acceptors (Lipinski definition) is 8. The zero-order valence-corrected chi connectivity index (χ0v) is 20.4. The molecule has 4 rings (SSSR count). The summed E-state index contributed by atoms with van der Waals surface area (Å²) in [5, 5.41) is 10.5. The second kappa shape index (κ2) is 10.0. The summed E-state index contributed by atoms with van der Waals surface area (Å²) in [6.45, 7) is 3.26. The lowest BCUT2D eigenvalue weighted by Gasteiger charge is -2.38. The number of piperazine rings is 1. The fourth-order valence-corrected chi connectivity index (χ4v) is 4.48. The van der Waals surface area contributed by atoms with Crippen LogP contribution in [-0.4, -0.2) is 58.3 Å².